The maximum Gasteiger partial charge on any atom is 0.227 e. The number of aromatic nitrogens is 1. The lowest BCUT2D eigenvalue weighted by Crippen LogP contribution is -2.59. The number of nitrogens with zero attached hydrogens (tertiary/aromatic N) is 4. The summed E-state index contributed by atoms with van der Waals surface area (Å²) >= 11 is 0. The lowest BCUT2D eigenvalue weighted by molar-refractivity contribution is -0.135. The molecule has 6 nitrogen and oxygen atoms in total. The SMILES string of the molecule is O=C(Cc1cccnc1)N1CC[C@@H](N2CCN(c3ccccc3F)CC2)[C@H](O)C1. The predicted molar refractivity (Wildman–Crippen MR) is 109 cm³/mol. The molecule has 2 aliphatic rings. The van der Waals surface area contributed by atoms with Crippen LogP contribution in [0.2, 0.25) is 0 Å². The van der Waals surface area contributed by atoms with Crippen LogP contribution in [0.25, 0.3) is 0 Å². The number of rotatable bonds is 4. The Labute approximate surface area is 170 Å². The second kappa shape index (κ2) is 8.88. The summed E-state index contributed by atoms with van der Waals surface area (Å²) < 4.78 is 14.0. The normalized spacial score (nSPS) is 23.2. The van der Waals surface area contributed by atoms with E-state index in [4.69, 9.17) is 0 Å². The number of aliphatic hydroxyl groups excluding tert-OH is 1. The summed E-state index contributed by atoms with van der Waals surface area (Å²) in [6.07, 6.45) is 3.89. The molecular weight excluding hydrogens is 371 g/mol. The minimum Gasteiger partial charge on any atom is -0.390 e. The van der Waals surface area contributed by atoms with Crippen LogP contribution in [-0.4, -0.2) is 77.2 Å². The fourth-order valence-corrected chi connectivity index (χ4v) is 4.36. The predicted octanol–water partition coefficient (Wildman–Crippen LogP) is 1.55. The molecule has 2 fully saturated rings. The van der Waals surface area contributed by atoms with Crippen LogP contribution in [0, 0.1) is 5.82 Å². The summed E-state index contributed by atoms with van der Waals surface area (Å²) in [5.41, 5.74) is 1.53. The number of carbonyl (C=O) groups is 1. The van der Waals surface area contributed by atoms with Crippen LogP contribution in [0.3, 0.4) is 0 Å². The first-order valence-corrected chi connectivity index (χ1v) is 10.2. The van der Waals surface area contributed by atoms with Crippen LogP contribution >= 0.6 is 0 Å². The minimum atomic E-state index is -0.568. The number of piperazine rings is 1. The molecule has 2 aromatic rings. The zero-order valence-corrected chi connectivity index (χ0v) is 16.5. The molecule has 1 aromatic carbocycles. The molecule has 154 valence electrons. The highest BCUT2D eigenvalue weighted by Gasteiger charge is 2.35. The Hall–Kier alpha value is -2.51. The van der Waals surface area contributed by atoms with Crippen molar-refractivity contribution in [3.63, 3.8) is 0 Å². The zero-order valence-electron chi connectivity index (χ0n) is 16.5. The van der Waals surface area contributed by atoms with E-state index >= 15 is 0 Å². The summed E-state index contributed by atoms with van der Waals surface area (Å²) in [6.45, 7) is 4.02. The van der Waals surface area contributed by atoms with Crippen molar-refractivity contribution in [2.45, 2.75) is 25.0 Å². The van der Waals surface area contributed by atoms with Gasteiger partial charge in [0.25, 0.3) is 0 Å². The first-order chi connectivity index (χ1) is 14.1. The average molecular weight is 398 g/mol. The molecule has 0 aliphatic carbocycles. The molecule has 7 heteroatoms. The zero-order chi connectivity index (χ0) is 20.2. The quantitative estimate of drug-likeness (QED) is 0.847. The summed E-state index contributed by atoms with van der Waals surface area (Å²) in [4.78, 5) is 22.7. The maximum atomic E-state index is 14.0. The lowest BCUT2D eigenvalue weighted by atomic mass is 9.98. The van der Waals surface area contributed by atoms with Gasteiger partial charge in [0.2, 0.25) is 5.91 Å². The Kier molecular flexibility index (Phi) is 6.06. The molecule has 0 saturated carbocycles. The fraction of sp³-hybridized carbons (Fsp3) is 0.455. The molecule has 3 heterocycles. The monoisotopic (exact) mass is 398 g/mol. The third kappa shape index (κ3) is 4.57. The van der Waals surface area contributed by atoms with Crippen molar-refractivity contribution >= 4 is 11.6 Å². The van der Waals surface area contributed by atoms with Crippen molar-refractivity contribution in [1.82, 2.24) is 14.8 Å². The third-order valence-electron chi connectivity index (χ3n) is 5.95. The topological polar surface area (TPSA) is 59.9 Å². The van der Waals surface area contributed by atoms with E-state index in [0.29, 0.717) is 25.2 Å². The molecule has 0 radical (unpaired) electrons. The van der Waals surface area contributed by atoms with Crippen molar-refractivity contribution in [2.24, 2.45) is 0 Å². The second-order valence-electron chi connectivity index (χ2n) is 7.78. The van der Waals surface area contributed by atoms with E-state index in [2.05, 4.69) is 14.8 Å². The van der Waals surface area contributed by atoms with Crippen LogP contribution in [0.15, 0.2) is 48.8 Å². The van der Waals surface area contributed by atoms with Gasteiger partial charge in [-0.25, -0.2) is 4.39 Å². The number of para-hydroxylation sites is 1. The number of β-amino-alcohol motifs (C(OH)–C–C–N with tert-alkyl or cyclic N) is 1. The van der Waals surface area contributed by atoms with Gasteiger partial charge in [-0.15, -0.1) is 0 Å². The first kappa shape index (κ1) is 19.8. The Morgan fingerprint density at radius 2 is 1.90 bits per heavy atom. The summed E-state index contributed by atoms with van der Waals surface area (Å²) in [7, 11) is 0. The van der Waals surface area contributed by atoms with Crippen molar-refractivity contribution < 1.29 is 14.3 Å². The number of anilines is 1. The van der Waals surface area contributed by atoms with Gasteiger partial charge in [0, 0.05) is 57.7 Å². The van der Waals surface area contributed by atoms with Gasteiger partial charge in [-0.05, 0) is 30.2 Å². The Morgan fingerprint density at radius 1 is 1.10 bits per heavy atom. The highest BCUT2D eigenvalue weighted by Crippen LogP contribution is 2.24. The van der Waals surface area contributed by atoms with Gasteiger partial charge < -0.3 is 14.9 Å². The summed E-state index contributed by atoms with van der Waals surface area (Å²) in [6, 6.07) is 10.6. The standard InChI is InChI=1S/C22H27FN4O2/c23-18-5-1-2-6-19(18)25-10-12-26(13-11-25)20-7-9-27(16-21(20)28)22(29)14-17-4-3-8-24-15-17/h1-6,8,15,20-21,28H,7,9-14,16H2/t20-,21-/m1/s1. The van der Waals surface area contributed by atoms with Crippen molar-refractivity contribution in [3.05, 3.63) is 60.2 Å². The van der Waals surface area contributed by atoms with E-state index in [-0.39, 0.29) is 17.8 Å². The molecule has 2 atom stereocenters. The molecule has 1 amide bonds. The number of likely N-dealkylation sites (tertiary alicyclic amines) is 1. The van der Waals surface area contributed by atoms with E-state index < -0.39 is 6.10 Å². The molecule has 1 N–H and O–H groups in total. The maximum absolute atomic E-state index is 14.0. The first-order valence-electron chi connectivity index (χ1n) is 10.2. The fourth-order valence-electron chi connectivity index (χ4n) is 4.36. The number of hydrogen-bond acceptors (Lipinski definition) is 5. The molecule has 29 heavy (non-hydrogen) atoms. The number of hydrogen-bond donors (Lipinski definition) is 1. The van der Waals surface area contributed by atoms with Gasteiger partial charge in [0.15, 0.2) is 0 Å². The molecule has 4 rings (SSSR count). The average Bonchev–Trinajstić information content (AvgIpc) is 2.75. The molecule has 0 spiro atoms. The molecule has 0 unspecified atom stereocenters. The van der Waals surface area contributed by atoms with Gasteiger partial charge >= 0.3 is 0 Å². The van der Waals surface area contributed by atoms with Crippen molar-refractivity contribution in [1.29, 1.82) is 0 Å². The number of benzene rings is 1. The van der Waals surface area contributed by atoms with E-state index in [1.54, 1.807) is 23.4 Å². The third-order valence-corrected chi connectivity index (χ3v) is 5.95. The largest absolute Gasteiger partial charge is 0.390 e. The molecular formula is C22H27FN4O2. The van der Waals surface area contributed by atoms with Crippen LogP contribution in [0.4, 0.5) is 10.1 Å². The van der Waals surface area contributed by atoms with Gasteiger partial charge in [0.05, 0.1) is 18.2 Å². The van der Waals surface area contributed by atoms with E-state index in [1.807, 2.05) is 24.3 Å². The minimum absolute atomic E-state index is 0.0277. The van der Waals surface area contributed by atoms with E-state index in [9.17, 15) is 14.3 Å². The van der Waals surface area contributed by atoms with E-state index in [0.717, 1.165) is 38.2 Å². The van der Waals surface area contributed by atoms with Crippen molar-refractivity contribution in [3.8, 4) is 0 Å². The summed E-state index contributed by atoms with van der Waals surface area (Å²) in [5.74, 6) is -0.165. The highest BCUT2D eigenvalue weighted by molar-refractivity contribution is 5.78. The number of pyridine rings is 1. The van der Waals surface area contributed by atoms with Gasteiger partial charge in [-0.2, -0.15) is 0 Å². The number of halogens is 1. The van der Waals surface area contributed by atoms with Crippen LogP contribution in [-0.2, 0) is 11.2 Å². The van der Waals surface area contributed by atoms with Crippen LogP contribution in [0.1, 0.15) is 12.0 Å². The summed E-state index contributed by atoms with van der Waals surface area (Å²) in [5, 5.41) is 10.7. The van der Waals surface area contributed by atoms with Crippen LogP contribution < -0.4 is 4.90 Å². The smallest absolute Gasteiger partial charge is 0.227 e. The second-order valence-corrected chi connectivity index (χ2v) is 7.78. The van der Waals surface area contributed by atoms with Crippen LogP contribution in [0.5, 0.6) is 0 Å². The molecule has 0 bridgehead atoms. The Morgan fingerprint density at radius 3 is 2.59 bits per heavy atom. The Bertz CT molecular complexity index is 827. The van der Waals surface area contributed by atoms with Gasteiger partial charge in [0.1, 0.15) is 5.82 Å². The Balaban J connectivity index is 1.29. The number of amides is 1. The molecule has 1 aromatic heterocycles. The highest BCUT2D eigenvalue weighted by atomic mass is 19.1. The van der Waals surface area contributed by atoms with E-state index in [1.165, 1.54) is 6.07 Å². The van der Waals surface area contributed by atoms with Crippen molar-refractivity contribution in [2.75, 3.05) is 44.2 Å². The lowest BCUT2D eigenvalue weighted by Gasteiger charge is -2.45. The molecule has 2 aliphatic heterocycles. The number of piperidine rings is 1. The van der Waals surface area contributed by atoms with Gasteiger partial charge in [-0.3, -0.25) is 14.7 Å². The molecule has 2 saturated heterocycles. The number of carbonyl (C=O) groups excluding carboxylic acids is 1. The number of aliphatic hydroxyl groups is 1. The van der Waals surface area contributed by atoms with Gasteiger partial charge in [-0.1, -0.05) is 18.2 Å².